The molecule has 0 unspecified atom stereocenters. The summed E-state index contributed by atoms with van der Waals surface area (Å²) < 4.78 is 5.50. The van der Waals surface area contributed by atoms with Crippen LogP contribution in [0.15, 0.2) is 23.4 Å². The van der Waals surface area contributed by atoms with E-state index in [4.69, 9.17) is 4.74 Å². The van der Waals surface area contributed by atoms with Gasteiger partial charge in [-0.15, -0.1) is 11.8 Å². The maximum atomic E-state index is 5.50. The standard InChI is InChI=1S/C9H13NOS/c1-7(2)11-8-4-5-10-9(6-8)12-3/h4-7H,1-3H3. The van der Waals surface area contributed by atoms with Crippen molar-refractivity contribution in [1.29, 1.82) is 0 Å². The van der Waals surface area contributed by atoms with Crippen molar-refractivity contribution in [2.45, 2.75) is 25.0 Å². The molecule has 0 amide bonds. The van der Waals surface area contributed by atoms with E-state index in [2.05, 4.69) is 4.98 Å². The van der Waals surface area contributed by atoms with Gasteiger partial charge in [-0.3, -0.25) is 0 Å². The summed E-state index contributed by atoms with van der Waals surface area (Å²) >= 11 is 1.62. The summed E-state index contributed by atoms with van der Waals surface area (Å²) in [4.78, 5) is 4.15. The van der Waals surface area contributed by atoms with Crippen LogP contribution in [-0.4, -0.2) is 17.3 Å². The zero-order valence-electron chi connectivity index (χ0n) is 7.57. The van der Waals surface area contributed by atoms with Crippen LogP contribution in [0.2, 0.25) is 0 Å². The molecule has 1 heterocycles. The quantitative estimate of drug-likeness (QED) is 0.672. The lowest BCUT2D eigenvalue weighted by Gasteiger charge is -2.09. The van der Waals surface area contributed by atoms with E-state index in [-0.39, 0.29) is 6.10 Å². The lowest BCUT2D eigenvalue weighted by Crippen LogP contribution is -2.05. The van der Waals surface area contributed by atoms with Crippen LogP contribution in [0.3, 0.4) is 0 Å². The summed E-state index contributed by atoms with van der Waals surface area (Å²) in [6.45, 7) is 4.03. The molecule has 0 spiro atoms. The molecule has 2 nitrogen and oxygen atoms in total. The van der Waals surface area contributed by atoms with Crippen LogP contribution in [-0.2, 0) is 0 Å². The van der Waals surface area contributed by atoms with E-state index in [0.29, 0.717) is 0 Å². The molecular weight excluding hydrogens is 170 g/mol. The normalized spacial score (nSPS) is 10.3. The molecule has 0 bridgehead atoms. The minimum atomic E-state index is 0.224. The number of ether oxygens (including phenoxy) is 1. The van der Waals surface area contributed by atoms with Crippen LogP contribution in [0.1, 0.15) is 13.8 Å². The van der Waals surface area contributed by atoms with Gasteiger partial charge in [0.25, 0.3) is 0 Å². The van der Waals surface area contributed by atoms with Crippen molar-refractivity contribution in [1.82, 2.24) is 4.98 Å². The molecule has 12 heavy (non-hydrogen) atoms. The van der Waals surface area contributed by atoms with E-state index in [1.807, 2.05) is 32.2 Å². The van der Waals surface area contributed by atoms with Gasteiger partial charge in [0.2, 0.25) is 0 Å². The van der Waals surface area contributed by atoms with Crippen LogP contribution in [0.25, 0.3) is 0 Å². The number of thioether (sulfide) groups is 1. The summed E-state index contributed by atoms with van der Waals surface area (Å²) in [6.07, 6.45) is 3.99. The van der Waals surface area contributed by atoms with Crippen molar-refractivity contribution >= 4 is 11.8 Å². The lowest BCUT2D eigenvalue weighted by molar-refractivity contribution is 0.241. The Balaban J connectivity index is 2.72. The molecule has 0 atom stereocenters. The van der Waals surface area contributed by atoms with E-state index in [1.165, 1.54) is 0 Å². The van der Waals surface area contributed by atoms with Crippen molar-refractivity contribution in [2.24, 2.45) is 0 Å². The van der Waals surface area contributed by atoms with Gasteiger partial charge >= 0.3 is 0 Å². The third kappa shape index (κ3) is 2.74. The average molecular weight is 183 g/mol. The number of pyridine rings is 1. The van der Waals surface area contributed by atoms with Gasteiger partial charge < -0.3 is 4.74 Å². The molecule has 0 N–H and O–H groups in total. The smallest absolute Gasteiger partial charge is 0.123 e. The van der Waals surface area contributed by atoms with Gasteiger partial charge in [0.15, 0.2) is 0 Å². The highest BCUT2D eigenvalue weighted by molar-refractivity contribution is 7.98. The Bertz CT molecular complexity index is 250. The fourth-order valence-corrected chi connectivity index (χ4v) is 1.25. The van der Waals surface area contributed by atoms with Crippen LogP contribution < -0.4 is 4.74 Å². The van der Waals surface area contributed by atoms with Crippen molar-refractivity contribution in [2.75, 3.05) is 6.26 Å². The Labute approximate surface area is 77.3 Å². The Morgan fingerprint density at radius 2 is 2.25 bits per heavy atom. The molecule has 0 radical (unpaired) electrons. The molecular formula is C9H13NOS. The van der Waals surface area contributed by atoms with E-state index < -0.39 is 0 Å². The van der Waals surface area contributed by atoms with Crippen LogP contribution >= 0.6 is 11.8 Å². The monoisotopic (exact) mass is 183 g/mol. The number of hydrogen-bond donors (Lipinski definition) is 0. The van der Waals surface area contributed by atoms with Gasteiger partial charge in [-0.2, -0.15) is 0 Å². The molecule has 0 saturated heterocycles. The van der Waals surface area contributed by atoms with E-state index in [9.17, 15) is 0 Å². The zero-order valence-corrected chi connectivity index (χ0v) is 8.39. The molecule has 0 aliphatic carbocycles. The number of rotatable bonds is 3. The zero-order chi connectivity index (χ0) is 8.97. The molecule has 3 heteroatoms. The van der Waals surface area contributed by atoms with Gasteiger partial charge in [0.05, 0.1) is 11.1 Å². The SMILES string of the molecule is CSc1cc(OC(C)C)ccn1. The third-order valence-electron chi connectivity index (χ3n) is 1.29. The summed E-state index contributed by atoms with van der Waals surface area (Å²) in [5, 5.41) is 0.994. The second-order valence-electron chi connectivity index (χ2n) is 2.70. The summed E-state index contributed by atoms with van der Waals surface area (Å²) in [5.74, 6) is 0.893. The fraction of sp³-hybridized carbons (Fsp3) is 0.444. The highest BCUT2D eigenvalue weighted by atomic mass is 32.2. The molecule has 0 fully saturated rings. The minimum absolute atomic E-state index is 0.224. The number of hydrogen-bond acceptors (Lipinski definition) is 3. The minimum Gasteiger partial charge on any atom is -0.491 e. The first-order valence-electron chi connectivity index (χ1n) is 3.89. The van der Waals surface area contributed by atoms with Crippen LogP contribution in [0, 0.1) is 0 Å². The van der Waals surface area contributed by atoms with Gasteiger partial charge in [-0.05, 0) is 26.2 Å². The van der Waals surface area contributed by atoms with Gasteiger partial charge in [-0.25, -0.2) is 4.98 Å². The Kier molecular flexibility index (Phi) is 3.41. The van der Waals surface area contributed by atoms with E-state index in [1.54, 1.807) is 18.0 Å². The molecule has 66 valence electrons. The molecule has 0 saturated carbocycles. The maximum absolute atomic E-state index is 5.50. The van der Waals surface area contributed by atoms with E-state index >= 15 is 0 Å². The Morgan fingerprint density at radius 1 is 1.50 bits per heavy atom. The highest BCUT2D eigenvalue weighted by Gasteiger charge is 1.98. The molecule has 1 aromatic heterocycles. The highest BCUT2D eigenvalue weighted by Crippen LogP contribution is 2.18. The largest absolute Gasteiger partial charge is 0.491 e. The number of aromatic nitrogens is 1. The first-order valence-corrected chi connectivity index (χ1v) is 5.11. The summed E-state index contributed by atoms with van der Waals surface area (Å²) in [7, 11) is 0. The van der Waals surface area contributed by atoms with Gasteiger partial charge in [-0.1, -0.05) is 0 Å². The van der Waals surface area contributed by atoms with Crippen molar-refractivity contribution in [3.63, 3.8) is 0 Å². The van der Waals surface area contributed by atoms with E-state index in [0.717, 1.165) is 10.8 Å². The van der Waals surface area contributed by atoms with Crippen LogP contribution in [0.5, 0.6) is 5.75 Å². The second-order valence-corrected chi connectivity index (χ2v) is 3.53. The summed E-state index contributed by atoms with van der Waals surface area (Å²) in [5.41, 5.74) is 0. The maximum Gasteiger partial charge on any atom is 0.123 e. The van der Waals surface area contributed by atoms with Crippen molar-refractivity contribution in [3.8, 4) is 5.75 Å². The topological polar surface area (TPSA) is 22.1 Å². The van der Waals surface area contributed by atoms with Gasteiger partial charge in [0.1, 0.15) is 5.75 Å². The summed E-state index contributed by atoms with van der Waals surface area (Å²) in [6, 6.07) is 3.82. The predicted molar refractivity (Wildman–Crippen MR) is 51.8 cm³/mol. The molecule has 0 aliphatic rings. The molecule has 1 rings (SSSR count). The average Bonchev–Trinajstić information content (AvgIpc) is 2.03. The number of nitrogens with zero attached hydrogens (tertiary/aromatic N) is 1. The first-order chi connectivity index (χ1) is 5.72. The Hall–Kier alpha value is -0.700. The van der Waals surface area contributed by atoms with Crippen molar-refractivity contribution < 1.29 is 4.74 Å². The third-order valence-corrected chi connectivity index (χ3v) is 1.93. The molecule has 1 aromatic rings. The first kappa shape index (κ1) is 9.39. The van der Waals surface area contributed by atoms with Crippen molar-refractivity contribution in [3.05, 3.63) is 18.3 Å². The molecule has 0 aromatic carbocycles. The predicted octanol–water partition coefficient (Wildman–Crippen LogP) is 2.59. The van der Waals surface area contributed by atoms with Gasteiger partial charge in [0, 0.05) is 12.3 Å². The fourth-order valence-electron chi connectivity index (χ4n) is 0.848. The second kappa shape index (κ2) is 4.36. The Morgan fingerprint density at radius 3 is 2.83 bits per heavy atom. The molecule has 0 aliphatic heterocycles. The van der Waals surface area contributed by atoms with Crippen LogP contribution in [0.4, 0.5) is 0 Å². The lowest BCUT2D eigenvalue weighted by atomic mass is 10.4.